The normalized spacial score (nSPS) is 9.73. The largest absolute Gasteiger partial charge is 0.492 e. The van der Waals surface area contributed by atoms with Crippen molar-refractivity contribution in [1.29, 1.82) is 0 Å². The molecule has 1 rings (SSSR count). The zero-order valence-corrected chi connectivity index (χ0v) is 9.05. The molecule has 0 radical (unpaired) electrons. The maximum atomic E-state index is 11.2. The Kier molecular flexibility index (Phi) is 3.62. The van der Waals surface area contributed by atoms with Crippen molar-refractivity contribution < 1.29 is 19.4 Å². The Morgan fingerprint density at radius 3 is 2.80 bits per heavy atom. The number of rotatable bonds is 3. The number of amides is 1. The highest BCUT2D eigenvalue weighted by molar-refractivity contribution is 7.17. The highest BCUT2D eigenvalue weighted by Crippen LogP contribution is 2.28. The first-order chi connectivity index (χ1) is 7.04. The number of ether oxygens (including phenoxy) is 1. The number of thiazole rings is 1. The van der Waals surface area contributed by atoms with Gasteiger partial charge in [-0.15, -0.1) is 0 Å². The molecule has 0 fully saturated rings. The Morgan fingerprint density at radius 2 is 2.27 bits per heavy atom. The summed E-state index contributed by atoms with van der Waals surface area (Å²) in [5.41, 5.74) is 0. The van der Waals surface area contributed by atoms with E-state index in [4.69, 9.17) is 0 Å². The fourth-order valence-electron chi connectivity index (χ4n) is 0.846. The predicted octanol–water partition coefficient (Wildman–Crippen LogP) is 0.984. The first-order valence-corrected chi connectivity index (χ1v) is 5.00. The van der Waals surface area contributed by atoms with Crippen LogP contribution in [0.5, 0.6) is 5.88 Å². The number of nitrogens with zero attached hydrogens (tertiary/aromatic N) is 1. The quantitative estimate of drug-likeness (QED) is 0.756. The summed E-state index contributed by atoms with van der Waals surface area (Å²) < 4.78 is 4.69. The van der Waals surface area contributed by atoms with Crippen molar-refractivity contribution in [1.82, 2.24) is 4.98 Å². The molecule has 6 nitrogen and oxygen atoms in total. The lowest BCUT2D eigenvalue weighted by Gasteiger charge is -1.96. The summed E-state index contributed by atoms with van der Waals surface area (Å²) in [5.74, 6) is -1.40. The van der Waals surface area contributed by atoms with Crippen molar-refractivity contribution in [2.24, 2.45) is 0 Å². The van der Waals surface area contributed by atoms with Crippen molar-refractivity contribution in [3.05, 3.63) is 4.88 Å². The van der Waals surface area contributed by atoms with Crippen LogP contribution < -0.4 is 5.32 Å². The van der Waals surface area contributed by atoms with Gasteiger partial charge in [0.1, 0.15) is 0 Å². The summed E-state index contributed by atoms with van der Waals surface area (Å²) in [5, 5.41) is 11.8. The summed E-state index contributed by atoms with van der Waals surface area (Å²) in [7, 11) is 0. The van der Waals surface area contributed by atoms with Crippen molar-refractivity contribution in [3.63, 3.8) is 0 Å². The van der Waals surface area contributed by atoms with Crippen molar-refractivity contribution in [3.8, 4) is 5.88 Å². The number of nitrogens with one attached hydrogen (secondary N) is 1. The lowest BCUT2D eigenvalue weighted by atomic mass is 10.5. The van der Waals surface area contributed by atoms with E-state index < -0.39 is 11.8 Å². The van der Waals surface area contributed by atoms with Gasteiger partial charge in [0.15, 0.2) is 10.0 Å². The molecule has 0 aliphatic carbocycles. The number of hydrogen-bond donors (Lipinski definition) is 2. The van der Waals surface area contributed by atoms with E-state index in [-0.39, 0.29) is 22.5 Å². The molecular formula is C8H10N2O4S. The van der Waals surface area contributed by atoms with Gasteiger partial charge in [-0.2, -0.15) is 4.98 Å². The minimum absolute atomic E-state index is 0.0133. The average molecular weight is 230 g/mol. The zero-order valence-electron chi connectivity index (χ0n) is 8.23. The third-order valence-corrected chi connectivity index (χ3v) is 2.29. The molecule has 2 N–H and O–H groups in total. The van der Waals surface area contributed by atoms with Gasteiger partial charge < -0.3 is 15.2 Å². The van der Waals surface area contributed by atoms with Gasteiger partial charge in [-0.3, -0.25) is 4.79 Å². The van der Waals surface area contributed by atoms with Crippen LogP contribution in [-0.4, -0.2) is 28.6 Å². The molecule has 0 aliphatic rings. The van der Waals surface area contributed by atoms with E-state index in [1.165, 1.54) is 6.92 Å². The summed E-state index contributed by atoms with van der Waals surface area (Å²) in [6.45, 7) is 3.18. The van der Waals surface area contributed by atoms with Crippen LogP contribution in [0.25, 0.3) is 0 Å². The summed E-state index contributed by atoms with van der Waals surface area (Å²) >= 11 is 0.868. The summed E-state index contributed by atoms with van der Waals surface area (Å²) in [4.78, 5) is 25.5. The van der Waals surface area contributed by atoms with E-state index in [9.17, 15) is 14.7 Å². The fourth-order valence-corrected chi connectivity index (χ4v) is 1.65. The van der Waals surface area contributed by atoms with Crippen LogP contribution >= 0.6 is 11.3 Å². The van der Waals surface area contributed by atoms with Crippen LogP contribution in [0.1, 0.15) is 23.5 Å². The standard InChI is InChI=1S/C8H10N2O4S/c1-3-14-7(13)5-6(12)10-8(15-5)9-4(2)11/h12H,3H2,1-2H3,(H,9,10,11). The van der Waals surface area contributed by atoms with E-state index in [1.54, 1.807) is 6.92 Å². The van der Waals surface area contributed by atoms with Gasteiger partial charge in [-0.25, -0.2) is 4.79 Å². The molecule has 15 heavy (non-hydrogen) atoms. The monoisotopic (exact) mass is 230 g/mol. The highest BCUT2D eigenvalue weighted by atomic mass is 32.1. The SMILES string of the molecule is CCOC(=O)c1sc(NC(C)=O)nc1O. The zero-order chi connectivity index (χ0) is 11.4. The second-order valence-corrected chi connectivity index (χ2v) is 3.57. The summed E-state index contributed by atoms with van der Waals surface area (Å²) in [6.07, 6.45) is 0. The van der Waals surface area contributed by atoms with Gasteiger partial charge in [-0.05, 0) is 6.92 Å². The topological polar surface area (TPSA) is 88.5 Å². The maximum absolute atomic E-state index is 11.2. The molecule has 0 bridgehead atoms. The highest BCUT2D eigenvalue weighted by Gasteiger charge is 2.19. The van der Waals surface area contributed by atoms with E-state index in [0.717, 1.165) is 11.3 Å². The number of esters is 1. The van der Waals surface area contributed by atoms with Crippen LogP contribution in [0.4, 0.5) is 5.13 Å². The predicted molar refractivity (Wildman–Crippen MR) is 54.0 cm³/mol. The van der Waals surface area contributed by atoms with Gasteiger partial charge in [0, 0.05) is 6.92 Å². The molecule has 0 saturated carbocycles. The Labute approximate surface area is 89.9 Å². The van der Waals surface area contributed by atoms with E-state index in [2.05, 4.69) is 15.0 Å². The van der Waals surface area contributed by atoms with Crippen LogP contribution in [0.15, 0.2) is 0 Å². The molecule has 0 aromatic carbocycles. The molecule has 1 aromatic heterocycles. The van der Waals surface area contributed by atoms with E-state index >= 15 is 0 Å². The van der Waals surface area contributed by atoms with Crippen molar-refractivity contribution in [2.75, 3.05) is 11.9 Å². The minimum Gasteiger partial charge on any atom is -0.492 e. The van der Waals surface area contributed by atoms with Crippen LogP contribution in [0.2, 0.25) is 0 Å². The van der Waals surface area contributed by atoms with Gasteiger partial charge in [0.25, 0.3) is 0 Å². The summed E-state index contributed by atoms with van der Waals surface area (Å²) in [6, 6.07) is 0. The molecule has 0 atom stereocenters. The fraction of sp³-hybridized carbons (Fsp3) is 0.375. The second-order valence-electron chi connectivity index (χ2n) is 2.57. The van der Waals surface area contributed by atoms with Crippen LogP contribution in [0.3, 0.4) is 0 Å². The molecule has 7 heteroatoms. The third kappa shape index (κ3) is 2.91. The third-order valence-electron chi connectivity index (χ3n) is 1.35. The van der Waals surface area contributed by atoms with E-state index in [0.29, 0.717) is 0 Å². The first kappa shape index (κ1) is 11.4. The molecule has 0 saturated heterocycles. The number of carbonyl (C=O) groups excluding carboxylic acids is 2. The van der Waals surface area contributed by atoms with Crippen LogP contribution in [0, 0.1) is 0 Å². The Bertz CT molecular complexity index is 388. The molecule has 1 heterocycles. The van der Waals surface area contributed by atoms with Gasteiger partial charge in [-0.1, -0.05) is 11.3 Å². The lowest BCUT2D eigenvalue weighted by molar-refractivity contribution is -0.114. The van der Waals surface area contributed by atoms with Gasteiger partial charge >= 0.3 is 5.97 Å². The number of hydrogen-bond acceptors (Lipinski definition) is 6. The molecule has 1 amide bonds. The Morgan fingerprint density at radius 1 is 1.60 bits per heavy atom. The lowest BCUT2D eigenvalue weighted by Crippen LogP contribution is -2.04. The smallest absolute Gasteiger partial charge is 0.354 e. The molecular weight excluding hydrogens is 220 g/mol. The number of aromatic nitrogens is 1. The van der Waals surface area contributed by atoms with Crippen molar-refractivity contribution in [2.45, 2.75) is 13.8 Å². The number of anilines is 1. The molecule has 1 aromatic rings. The number of aromatic hydroxyl groups is 1. The van der Waals surface area contributed by atoms with Crippen LogP contribution in [-0.2, 0) is 9.53 Å². The van der Waals surface area contributed by atoms with Gasteiger partial charge in [0.2, 0.25) is 11.8 Å². The Hall–Kier alpha value is -1.63. The van der Waals surface area contributed by atoms with E-state index in [1.807, 2.05) is 0 Å². The number of carbonyl (C=O) groups is 2. The first-order valence-electron chi connectivity index (χ1n) is 4.19. The Balaban J connectivity index is 2.86. The minimum atomic E-state index is -0.649. The van der Waals surface area contributed by atoms with Crippen molar-refractivity contribution >= 4 is 28.3 Å². The molecule has 0 aliphatic heterocycles. The maximum Gasteiger partial charge on any atom is 0.354 e. The molecule has 82 valence electrons. The van der Waals surface area contributed by atoms with Gasteiger partial charge in [0.05, 0.1) is 6.61 Å². The average Bonchev–Trinajstić information content (AvgIpc) is 2.46. The second kappa shape index (κ2) is 4.74. The molecule has 0 unspecified atom stereocenters. The molecule has 0 spiro atoms.